The first-order valence-corrected chi connectivity index (χ1v) is 7.36. The van der Waals surface area contributed by atoms with Gasteiger partial charge in [-0.05, 0) is 26.0 Å². The first-order chi connectivity index (χ1) is 8.90. The van der Waals surface area contributed by atoms with Crippen LogP contribution in [0.5, 0.6) is 0 Å². The number of nitrogens with one attached hydrogen (secondary N) is 2. The molecule has 0 amide bonds. The highest BCUT2D eigenvalue weighted by molar-refractivity contribution is 7.89. The Labute approximate surface area is 123 Å². The van der Waals surface area contributed by atoms with Crippen molar-refractivity contribution in [2.45, 2.75) is 24.3 Å². The molecule has 0 radical (unpaired) electrons. The van der Waals surface area contributed by atoms with Gasteiger partial charge in [-0.25, -0.2) is 13.1 Å². The van der Waals surface area contributed by atoms with Gasteiger partial charge in [0.25, 0.3) is 5.69 Å². The van der Waals surface area contributed by atoms with Gasteiger partial charge in [0.05, 0.1) is 9.82 Å². The number of nitrogens with zero attached hydrogens (tertiary/aromatic N) is 1. The number of benzene rings is 1. The third-order valence-corrected chi connectivity index (χ3v) is 4.59. The summed E-state index contributed by atoms with van der Waals surface area (Å²) in [4.78, 5) is 10.2. The maximum atomic E-state index is 12.1. The molecule has 112 valence electrons. The van der Waals surface area contributed by atoms with Crippen molar-refractivity contribution in [3.05, 3.63) is 33.9 Å². The van der Waals surface area contributed by atoms with E-state index in [0.29, 0.717) is 18.5 Å². The van der Waals surface area contributed by atoms with E-state index in [0.717, 1.165) is 12.6 Å². The summed E-state index contributed by atoms with van der Waals surface area (Å²) in [6, 6.07) is 3.76. The van der Waals surface area contributed by atoms with Crippen molar-refractivity contribution in [2.24, 2.45) is 0 Å². The van der Waals surface area contributed by atoms with Gasteiger partial charge in [0.2, 0.25) is 10.0 Å². The quantitative estimate of drug-likeness (QED) is 0.635. The summed E-state index contributed by atoms with van der Waals surface area (Å²) in [5, 5.41) is 13.9. The number of rotatable bonds is 4. The Morgan fingerprint density at radius 2 is 2.15 bits per heavy atom. The van der Waals surface area contributed by atoms with E-state index in [1.165, 1.54) is 12.1 Å². The van der Waals surface area contributed by atoms with Crippen molar-refractivity contribution < 1.29 is 13.3 Å². The molecule has 1 aliphatic rings. The molecule has 1 aliphatic heterocycles. The second-order valence-electron chi connectivity index (χ2n) is 4.52. The van der Waals surface area contributed by atoms with Crippen molar-refractivity contribution in [3.63, 3.8) is 0 Å². The predicted octanol–water partition coefficient (Wildman–Crippen LogP) is 0.965. The van der Waals surface area contributed by atoms with Gasteiger partial charge < -0.3 is 5.32 Å². The molecule has 1 saturated heterocycles. The number of sulfonamides is 1. The summed E-state index contributed by atoms with van der Waals surface area (Å²) in [7, 11) is -3.71. The average molecular weight is 322 g/mol. The molecule has 1 heterocycles. The van der Waals surface area contributed by atoms with Crippen LogP contribution >= 0.6 is 12.4 Å². The summed E-state index contributed by atoms with van der Waals surface area (Å²) in [5.41, 5.74) is 0.249. The standard InChI is InChI=1S/C11H15N3O4S.ClH/c1-8-2-3-10(6-11(8)14(15)16)19(17,18)13-9-4-5-12-7-9;/h2-3,6,9,12-13H,4-5,7H2,1H3;1H. The molecule has 2 N–H and O–H groups in total. The molecule has 0 aromatic heterocycles. The van der Waals surface area contributed by atoms with E-state index in [1.54, 1.807) is 6.92 Å². The lowest BCUT2D eigenvalue weighted by atomic mass is 10.2. The van der Waals surface area contributed by atoms with Crippen molar-refractivity contribution in [2.75, 3.05) is 13.1 Å². The Hall–Kier alpha value is -1.22. The Morgan fingerprint density at radius 1 is 1.45 bits per heavy atom. The summed E-state index contributed by atoms with van der Waals surface area (Å²) < 4.78 is 26.8. The highest BCUT2D eigenvalue weighted by atomic mass is 35.5. The molecule has 0 saturated carbocycles. The van der Waals surface area contributed by atoms with Crippen LogP contribution in [0.25, 0.3) is 0 Å². The zero-order valence-corrected chi connectivity index (χ0v) is 12.5. The number of halogens is 1. The monoisotopic (exact) mass is 321 g/mol. The van der Waals surface area contributed by atoms with Gasteiger partial charge in [-0.2, -0.15) is 0 Å². The number of nitro groups is 1. The van der Waals surface area contributed by atoms with Crippen molar-refractivity contribution in [3.8, 4) is 0 Å². The predicted molar refractivity (Wildman–Crippen MR) is 76.7 cm³/mol. The highest BCUT2D eigenvalue weighted by Gasteiger charge is 2.24. The van der Waals surface area contributed by atoms with Gasteiger partial charge in [-0.1, -0.05) is 6.07 Å². The van der Waals surface area contributed by atoms with E-state index in [-0.39, 0.29) is 29.0 Å². The van der Waals surface area contributed by atoms with E-state index in [9.17, 15) is 18.5 Å². The van der Waals surface area contributed by atoms with E-state index in [1.807, 2.05) is 0 Å². The molecule has 0 spiro atoms. The normalized spacial score (nSPS) is 18.6. The topological polar surface area (TPSA) is 101 Å². The fraction of sp³-hybridized carbons (Fsp3) is 0.455. The van der Waals surface area contributed by atoms with E-state index >= 15 is 0 Å². The largest absolute Gasteiger partial charge is 0.315 e. The summed E-state index contributed by atoms with van der Waals surface area (Å²) >= 11 is 0. The number of nitro benzene ring substituents is 1. The van der Waals surface area contributed by atoms with E-state index < -0.39 is 14.9 Å². The fourth-order valence-electron chi connectivity index (χ4n) is 2.00. The fourth-order valence-corrected chi connectivity index (χ4v) is 3.29. The molecule has 20 heavy (non-hydrogen) atoms. The smallest absolute Gasteiger partial charge is 0.273 e. The minimum atomic E-state index is -3.71. The van der Waals surface area contributed by atoms with Crippen LogP contribution in [0.15, 0.2) is 23.1 Å². The third-order valence-electron chi connectivity index (χ3n) is 3.07. The maximum Gasteiger partial charge on any atom is 0.273 e. The zero-order valence-electron chi connectivity index (χ0n) is 10.8. The maximum absolute atomic E-state index is 12.1. The first kappa shape index (κ1) is 16.8. The summed E-state index contributed by atoms with van der Waals surface area (Å²) in [6.45, 7) is 2.91. The molecule has 0 aliphatic carbocycles. The van der Waals surface area contributed by atoms with Gasteiger partial charge in [0.1, 0.15) is 0 Å². The van der Waals surface area contributed by atoms with E-state index in [2.05, 4.69) is 10.0 Å². The Morgan fingerprint density at radius 3 is 2.70 bits per heavy atom. The van der Waals surface area contributed by atoms with Crippen molar-refractivity contribution >= 4 is 28.1 Å². The molecule has 7 nitrogen and oxygen atoms in total. The molecule has 1 fully saturated rings. The van der Waals surface area contributed by atoms with Crippen molar-refractivity contribution in [1.29, 1.82) is 0 Å². The molecule has 0 bridgehead atoms. The number of hydrogen-bond acceptors (Lipinski definition) is 5. The van der Waals surface area contributed by atoms with Crippen LogP contribution in [0, 0.1) is 17.0 Å². The molecular weight excluding hydrogens is 306 g/mol. The Kier molecular flexibility index (Phi) is 5.46. The lowest BCUT2D eigenvalue weighted by Gasteiger charge is -2.12. The van der Waals surface area contributed by atoms with Crippen LogP contribution < -0.4 is 10.0 Å². The molecule has 2 rings (SSSR count). The van der Waals surface area contributed by atoms with Crippen molar-refractivity contribution in [1.82, 2.24) is 10.0 Å². The second-order valence-corrected chi connectivity index (χ2v) is 6.23. The summed E-state index contributed by atoms with van der Waals surface area (Å²) in [6.07, 6.45) is 0.715. The molecule has 1 unspecified atom stereocenters. The SMILES string of the molecule is Cc1ccc(S(=O)(=O)NC2CCNC2)cc1[N+](=O)[O-].Cl. The van der Waals surface area contributed by atoms with E-state index in [4.69, 9.17) is 0 Å². The van der Waals surface area contributed by atoms with Crippen LogP contribution in [-0.2, 0) is 10.0 Å². The molecule has 1 aromatic carbocycles. The van der Waals surface area contributed by atoms with Gasteiger partial charge in [-0.15, -0.1) is 12.4 Å². The Balaban J connectivity index is 0.00000200. The molecule has 9 heteroatoms. The van der Waals surface area contributed by atoms with Crippen LogP contribution in [0.4, 0.5) is 5.69 Å². The van der Waals surface area contributed by atoms with Gasteiger partial charge >= 0.3 is 0 Å². The lowest BCUT2D eigenvalue weighted by molar-refractivity contribution is -0.385. The van der Waals surface area contributed by atoms with Crippen LogP contribution in [-0.4, -0.2) is 32.5 Å². The second kappa shape index (κ2) is 6.49. The van der Waals surface area contributed by atoms with Gasteiger partial charge in [0, 0.05) is 24.2 Å². The minimum Gasteiger partial charge on any atom is -0.315 e. The van der Waals surface area contributed by atoms with Crippen LogP contribution in [0.3, 0.4) is 0 Å². The number of aryl methyl sites for hydroxylation is 1. The number of hydrogen-bond donors (Lipinski definition) is 2. The zero-order chi connectivity index (χ0) is 14.0. The van der Waals surface area contributed by atoms with Crippen LogP contribution in [0.1, 0.15) is 12.0 Å². The molecule has 1 aromatic rings. The molecule has 1 atom stereocenters. The average Bonchev–Trinajstić information content (AvgIpc) is 2.80. The van der Waals surface area contributed by atoms with Gasteiger partial charge in [-0.3, -0.25) is 10.1 Å². The highest BCUT2D eigenvalue weighted by Crippen LogP contribution is 2.22. The minimum absolute atomic E-state index is 0. The molecular formula is C11H16ClN3O4S. The first-order valence-electron chi connectivity index (χ1n) is 5.88. The lowest BCUT2D eigenvalue weighted by Crippen LogP contribution is -2.36. The Bertz CT molecular complexity index is 600. The third kappa shape index (κ3) is 3.66. The van der Waals surface area contributed by atoms with Gasteiger partial charge in [0.15, 0.2) is 0 Å². The summed E-state index contributed by atoms with van der Waals surface area (Å²) in [5.74, 6) is 0. The van der Waals surface area contributed by atoms with Crippen LogP contribution in [0.2, 0.25) is 0 Å².